The molecule has 1 aromatic rings. The topological polar surface area (TPSA) is 52.0 Å². The highest BCUT2D eigenvalue weighted by Crippen LogP contribution is 2.25. The van der Waals surface area contributed by atoms with Gasteiger partial charge in [0.05, 0.1) is 24.9 Å². The van der Waals surface area contributed by atoms with Gasteiger partial charge >= 0.3 is 0 Å². The number of ether oxygens (including phenoxy) is 1. The molecule has 1 saturated carbocycles. The van der Waals surface area contributed by atoms with Crippen molar-refractivity contribution in [2.24, 2.45) is 11.8 Å². The molecule has 21 heavy (non-hydrogen) atoms. The fourth-order valence-corrected chi connectivity index (χ4v) is 2.86. The van der Waals surface area contributed by atoms with Crippen molar-refractivity contribution < 1.29 is 4.74 Å². The number of nitrogens with zero attached hydrogens (tertiary/aromatic N) is 3. The largest absolute Gasteiger partial charge is 0.376 e. The fourth-order valence-electron chi connectivity index (χ4n) is 2.86. The second-order valence-electron chi connectivity index (χ2n) is 6.76. The molecule has 1 aliphatic carbocycles. The van der Waals surface area contributed by atoms with Crippen LogP contribution in [0.2, 0.25) is 0 Å². The van der Waals surface area contributed by atoms with Crippen LogP contribution >= 0.6 is 0 Å². The zero-order valence-electron chi connectivity index (χ0n) is 13.7. The van der Waals surface area contributed by atoms with Gasteiger partial charge in [-0.2, -0.15) is 0 Å². The van der Waals surface area contributed by atoms with Crippen molar-refractivity contribution in [3.8, 4) is 0 Å². The van der Waals surface area contributed by atoms with Gasteiger partial charge in [-0.05, 0) is 31.2 Å². The normalized spacial score (nSPS) is 22.9. The summed E-state index contributed by atoms with van der Waals surface area (Å²) >= 11 is 0. The second-order valence-corrected chi connectivity index (χ2v) is 6.76. The van der Waals surface area contributed by atoms with Crippen molar-refractivity contribution in [1.82, 2.24) is 20.3 Å². The zero-order chi connectivity index (χ0) is 15.1. The SMILES string of the molecule is CC(C)CNCc1cn(CCOC2CCCC(C)C2)nn1. The molecule has 1 aliphatic rings. The molecular formula is C16H30N4O. The smallest absolute Gasteiger partial charge is 0.0964 e. The Hall–Kier alpha value is -0.940. The standard InChI is InChI=1S/C16H30N4O/c1-13(2)10-17-11-15-12-20(19-18-15)7-8-21-16-6-4-5-14(3)9-16/h12-14,16-17H,4-11H2,1-3H3. The van der Waals surface area contributed by atoms with Crippen LogP contribution in [0.5, 0.6) is 0 Å². The molecule has 0 aromatic carbocycles. The number of aromatic nitrogens is 3. The van der Waals surface area contributed by atoms with Crippen molar-refractivity contribution >= 4 is 0 Å². The van der Waals surface area contributed by atoms with Crippen LogP contribution in [-0.4, -0.2) is 34.2 Å². The zero-order valence-corrected chi connectivity index (χ0v) is 13.7. The minimum Gasteiger partial charge on any atom is -0.376 e. The van der Waals surface area contributed by atoms with Crippen molar-refractivity contribution in [2.75, 3.05) is 13.2 Å². The Bertz CT molecular complexity index is 405. The van der Waals surface area contributed by atoms with Crippen LogP contribution in [0.4, 0.5) is 0 Å². The van der Waals surface area contributed by atoms with Gasteiger partial charge in [0.15, 0.2) is 0 Å². The molecule has 0 bridgehead atoms. The molecule has 2 unspecified atom stereocenters. The van der Waals surface area contributed by atoms with Gasteiger partial charge < -0.3 is 10.1 Å². The summed E-state index contributed by atoms with van der Waals surface area (Å²) < 4.78 is 7.86. The third-order valence-corrected chi connectivity index (χ3v) is 4.01. The predicted molar refractivity (Wildman–Crippen MR) is 83.9 cm³/mol. The lowest BCUT2D eigenvalue weighted by Gasteiger charge is -2.26. The maximum absolute atomic E-state index is 5.97. The molecule has 0 saturated heterocycles. The molecule has 0 spiro atoms. The molecule has 0 amide bonds. The molecule has 5 nitrogen and oxygen atoms in total. The van der Waals surface area contributed by atoms with Gasteiger partial charge in [-0.3, -0.25) is 0 Å². The first-order chi connectivity index (χ1) is 10.1. The summed E-state index contributed by atoms with van der Waals surface area (Å²) in [6, 6.07) is 0. The highest BCUT2D eigenvalue weighted by atomic mass is 16.5. The molecule has 0 aliphatic heterocycles. The number of rotatable bonds is 8. The number of hydrogen-bond donors (Lipinski definition) is 1. The molecule has 1 fully saturated rings. The van der Waals surface area contributed by atoms with Gasteiger partial charge in [0.2, 0.25) is 0 Å². The first kappa shape index (κ1) is 16.4. The average Bonchev–Trinajstić information content (AvgIpc) is 2.86. The second kappa shape index (κ2) is 8.49. The van der Waals surface area contributed by atoms with Gasteiger partial charge in [-0.1, -0.05) is 38.8 Å². The summed E-state index contributed by atoms with van der Waals surface area (Å²) in [6.45, 7) is 10.1. The minimum absolute atomic E-state index is 0.449. The van der Waals surface area contributed by atoms with Crippen LogP contribution in [0.1, 0.15) is 52.1 Å². The van der Waals surface area contributed by atoms with Gasteiger partial charge in [0.25, 0.3) is 0 Å². The van der Waals surface area contributed by atoms with Crippen molar-refractivity contribution in [1.29, 1.82) is 0 Å². The molecular weight excluding hydrogens is 264 g/mol. The van der Waals surface area contributed by atoms with Crippen molar-refractivity contribution in [3.05, 3.63) is 11.9 Å². The lowest BCUT2D eigenvalue weighted by Crippen LogP contribution is -2.23. The van der Waals surface area contributed by atoms with E-state index >= 15 is 0 Å². The third kappa shape index (κ3) is 6.14. The Morgan fingerprint density at radius 3 is 3.05 bits per heavy atom. The molecule has 1 heterocycles. The van der Waals surface area contributed by atoms with Gasteiger partial charge in [0.1, 0.15) is 0 Å². The monoisotopic (exact) mass is 294 g/mol. The fraction of sp³-hybridized carbons (Fsp3) is 0.875. The Morgan fingerprint density at radius 1 is 1.43 bits per heavy atom. The van der Waals surface area contributed by atoms with E-state index in [1.807, 2.05) is 10.9 Å². The maximum Gasteiger partial charge on any atom is 0.0964 e. The highest BCUT2D eigenvalue weighted by Gasteiger charge is 2.18. The van der Waals surface area contributed by atoms with E-state index in [1.54, 1.807) is 0 Å². The van der Waals surface area contributed by atoms with Crippen molar-refractivity contribution in [3.63, 3.8) is 0 Å². The maximum atomic E-state index is 5.97. The Kier molecular flexibility index (Phi) is 6.64. The predicted octanol–water partition coefficient (Wildman–Crippen LogP) is 2.62. The summed E-state index contributed by atoms with van der Waals surface area (Å²) in [5.41, 5.74) is 1.00. The van der Waals surface area contributed by atoms with Crippen LogP contribution in [0, 0.1) is 11.8 Å². The summed E-state index contributed by atoms with van der Waals surface area (Å²) in [4.78, 5) is 0. The van der Waals surface area contributed by atoms with E-state index in [-0.39, 0.29) is 0 Å². The van der Waals surface area contributed by atoms with Crippen LogP contribution in [0.15, 0.2) is 6.20 Å². The van der Waals surface area contributed by atoms with Gasteiger partial charge in [-0.25, -0.2) is 4.68 Å². The van der Waals surface area contributed by atoms with E-state index < -0.39 is 0 Å². The van der Waals surface area contributed by atoms with Crippen LogP contribution in [0.25, 0.3) is 0 Å². The van der Waals surface area contributed by atoms with E-state index in [1.165, 1.54) is 25.7 Å². The number of hydrogen-bond acceptors (Lipinski definition) is 4. The third-order valence-electron chi connectivity index (χ3n) is 4.01. The molecule has 5 heteroatoms. The summed E-state index contributed by atoms with van der Waals surface area (Å²) in [5.74, 6) is 1.47. The van der Waals surface area contributed by atoms with Gasteiger partial charge in [-0.15, -0.1) is 5.10 Å². The van der Waals surface area contributed by atoms with E-state index in [4.69, 9.17) is 4.74 Å². The Labute approximate surface area is 128 Å². The molecule has 1 N–H and O–H groups in total. The Balaban J connectivity index is 1.63. The molecule has 0 radical (unpaired) electrons. The molecule has 2 atom stereocenters. The van der Waals surface area contributed by atoms with E-state index in [9.17, 15) is 0 Å². The summed E-state index contributed by atoms with van der Waals surface area (Å²) in [5, 5.41) is 11.7. The molecule has 1 aromatic heterocycles. The highest BCUT2D eigenvalue weighted by molar-refractivity contribution is 4.91. The van der Waals surface area contributed by atoms with E-state index in [0.29, 0.717) is 12.0 Å². The van der Waals surface area contributed by atoms with Crippen LogP contribution < -0.4 is 5.32 Å². The van der Waals surface area contributed by atoms with Crippen molar-refractivity contribution in [2.45, 2.75) is 65.6 Å². The van der Waals surface area contributed by atoms with Gasteiger partial charge in [0, 0.05) is 12.7 Å². The Morgan fingerprint density at radius 2 is 2.29 bits per heavy atom. The average molecular weight is 294 g/mol. The summed E-state index contributed by atoms with van der Waals surface area (Å²) in [6.07, 6.45) is 7.55. The quantitative estimate of drug-likeness (QED) is 0.801. The molecule has 2 rings (SSSR count). The lowest BCUT2D eigenvalue weighted by atomic mass is 9.89. The summed E-state index contributed by atoms with van der Waals surface area (Å²) in [7, 11) is 0. The minimum atomic E-state index is 0.449. The van der Waals surface area contributed by atoms with Crippen LogP contribution in [-0.2, 0) is 17.8 Å². The first-order valence-corrected chi connectivity index (χ1v) is 8.35. The van der Waals surface area contributed by atoms with E-state index in [2.05, 4.69) is 36.4 Å². The lowest BCUT2D eigenvalue weighted by molar-refractivity contribution is 0.0105. The van der Waals surface area contributed by atoms with E-state index in [0.717, 1.165) is 37.9 Å². The van der Waals surface area contributed by atoms with Crippen LogP contribution in [0.3, 0.4) is 0 Å². The molecule has 120 valence electrons. The first-order valence-electron chi connectivity index (χ1n) is 8.35. The number of nitrogens with one attached hydrogen (secondary N) is 1.